The van der Waals surface area contributed by atoms with Gasteiger partial charge in [-0.2, -0.15) is 0 Å². The first-order chi connectivity index (χ1) is 12.6. The topological polar surface area (TPSA) is 80.1 Å². The maximum atomic E-state index is 12.3. The predicted molar refractivity (Wildman–Crippen MR) is 104 cm³/mol. The fourth-order valence-corrected chi connectivity index (χ4v) is 2.77. The second kappa shape index (κ2) is 7.83. The van der Waals surface area contributed by atoms with E-state index in [2.05, 4.69) is 16.2 Å². The van der Waals surface area contributed by atoms with Crippen LogP contribution in [-0.4, -0.2) is 20.2 Å². The van der Waals surface area contributed by atoms with Crippen molar-refractivity contribution in [2.45, 2.75) is 13.1 Å². The summed E-state index contributed by atoms with van der Waals surface area (Å²) < 4.78 is 2.94. The largest absolute Gasteiger partial charge is 0.357 e. The van der Waals surface area contributed by atoms with E-state index in [0.29, 0.717) is 17.2 Å². The van der Waals surface area contributed by atoms with Crippen molar-refractivity contribution in [2.24, 2.45) is 7.05 Å². The molecule has 0 fully saturated rings. The van der Waals surface area contributed by atoms with Gasteiger partial charge in [-0.05, 0) is 29.9 Å². The molecule has 26 heavy (non-hydrogen) atoms. The van der Waals surface area contributed by atoms with E-state index < -0.39 is 0 Å². The average Bonchev–Trinajstić information content (AvgIpc) is 2.91. The molecule has 0 atom stereocenters. The number of amides is 1. The number of nitrogens with one attached hydrogen (secondary N) is 3. The predicted octanol–water partition coefficient (Wildman–Crippen LogP) is 1.04. The van der Waals surface area contributed by atoms with E-state index in [1.807, 2.05) is 54.6 Å². The lowest BCUT2D eigenvalue weighted by molar-refractivity contribution is -0.122. The summed E-state index contributed by atoms with van der Waals surface area (Å²) >= 11 is 5.13. The Hall–Kier alpha value is -3.13. The average molecular weight is 369 g/mol. The first-order valence-electron chi connectivity index (χ1n) is 8.07. The minimum Gasteiger partial charge on any atom is -0.357 e. The van der Waals surface area contributed by atoms with Gasteiger partial charge in [0.1, 0.15) is 6.54 Å². The van der Waals surface area contributed by atoms with E-state index in [1.54, 1.807) is 7.05 Å². The summed E-state index contributed by atoms with van der Waals surface area (Å²) in [6.07, 6.45) is 0. The number of aromatic nitrogens is 2. The zero-order valence-electron chi connectivity index (χ0n) is 14.2. The third kappa shape index (κ3) is 3.92. The number of carbonyl (C=O) groups is 1. The van der Waals surface area contributed by atoms with Gasteiger partial charge in [-0.15, -0.1) is 0 Å². The Kier molecular flexibility index (Phi) is 5.33. The van der Waals surface area contributed by atoms with Gasteiger partial charge in [0.05, 0.1) is 11.0 Å². The minimum atomic E-state index is -0.368. The summed E-state index contributed by atoms with van der Waals surface area (Å²) in [6, 6.07) is 17.1. The Morgan fingerprint density at radius 1 is 1.00 bits per heavy atom. The number of nitrogens with zero attached hydrogens (tertiary/aromatic N) is 2. The number of rotatable bonds is 4. The van der Waals surface area contributed by atoms with Gasteiger partial charge >= 0.3 is 5.69 Å². The maximum absolute atomic E-state index is 12.3. The molecule has 3 N–H and O–H groups in total. The Morgan fingerprint density at radius 2 is 1.65 bits per heavy atom. The highest BCUT2D eigenvalue weighted by Gasteiger charge is 2.13. The van der Waals surface area contributed by atoms with Crippen LogP contribution in [0.2, 0.25) is 0 Å². The molecule has 0 radical (unpaired) electrons. The molecule has 0 unspecified atom stereocenters. The van der Waals surface area contributed by atoms with E-state index in [-0.39, 0.29) is 18.1 Å². The van der Waals surface area contributed by atoms with Crippen LogP contribution in [0.4, 0.5) is 0 Å². The van der Waals surface area contributed by atoms with Gasteiger partial charge in [0.15, 0.2) is 5.11 Å². The van der Waals surface area contributed by atoms with Gasteiger partial charge in [-0.1, -0.05) is 42.5 Å². The summed E-state index contributed by atoms with van der Waals surface area (Å²) in [7, 11) is 1.68. The Balaban J connectivity index is 1.56. The van der Waals surface area contributed by atoms with E-state index in [9.17, 15) is 9.59 Å². The number of benzene rings is 2. The molecule has 0 saturated carbocycles. The molecule has 1 aromatic heterocycles. The number of imidazole rings is 1. The molecular formula is C18H19N5O2S. The van der Waals surface area contributed by atoms with Crippen LogP contribution in [-0.2, 0) is 24.9 Å². The zero-order chi connectivity index (χ0) is 18.5. The monoisotopic (exact) mass is 369 g/mol. The SMILES string of the molecule is Cn1c(=O)n(CC(=O)NNC(=S)NCc2ccccc2)c2ccccc21. The molecule has 1 heterocycles. The second-order valence-corrected chi connectivity index (χ2v) is 6.17. The number of carbonyl (C=O) groups excluding carboxylic acids is 1. The van der Waals surface area contributed by atoms with Gasteiger partial charge in [0, 0.05) is 13.6 Å². The van der Waals surface area contributed by atoms with E-state index in [0.717, 1.165) is 11.1 Å². The van der Waals surface area contributed by atoms with E-state index in [4.69, 9.17) is 12.2 Å². The Morgan fingerprint density at radius 3 is 2.38 bits per heavy atom. The lowest BCUT2D eigenvalue weighted by atomic mass is 10.2. The summed E-state index contributed by atoms with van der Waals surface area (Å²) in [5.74, 6) is -0.368. The summed E-state index contributed by atoms with van der Waals surface area (Å²) in [5, 5.41) is 3.29. The fourth-order valence-electron chi connectivity index (χ4n) is 2.65. The number of hydrogen-bond acceptors (Lipinski definition) is 3. The molecule has 0 saturated heterocycles. The first kappa shape index (κ1) is 17.7. The standard InChI is InChI=1S/C18H19N5O2S/c1-22-14-9-5-6-10-15(14)23(18(22)25)12-16(24)20-21-17(26)19-11-13-7-3-2-4-8-13/h2-10H,11-12H2,1H3,(H,20,24)(H2,19,21,26). The molecule has 3 aromatic rings. The molecule has 1 amide bonds. The van der Waals surface area contributed by atoms with Gasteiger partial charge in [-0.3, -0.25) is 24.8 Å². The van der Waals surface area contributed by atoms with Crippen LogP contribution in [0.1, 0.15) is 5.56 Å². The van der Waals surface area contributed by atoms with Crippen LogP contribution >= 0.6 is 12.2 Å². The van der Waals surface area contributed by atoms with Crippen molar-refractivity contribution in [1.29, 1.82) is 0 Å². The van der Waals surface area contributed by atoms with Gasteiger partial charge in [0.2, 0.25) is 0 Å². The molecule has 2 aromatic carbocycles. The maximum Gasteiger partial charge on any atom is 0.329 e. The number of thiocarbonyl (C=S) groups is 1. The van der Waals surface area contributed by atoms with Crippen LogP contribution in [0.25, 0.3) is 11.0 Å². The lowest BCUT2D eigenvalue weighted by Crippen LogP contribution is -2.48. The van der Waals surface area contributed by atoms with E-state index in [1.165, 1.54) is 9.13 Å². The highest BCUT2D eigenvalue weighted by molar-refractivity contribution is 7.80. The van der Waals surface area contributed by atoms with Gasteiger partial charge < -0.3 is 5.32 Å². The van der Waals surface area contributed by atoms with Crippen molar-refractivity contribution in [1.82, 2.24) is 25.3 Å². The van der Waals surface area contributed by atoms with Crippen molar-refractivity contribution >= 4 is 34.3 Å². The van der Waals surface area contributed by atoms with E-state index >= 15 is 0 Å². The van der Waals surface area contributed by atoms with Crippen LogP contribution in [0.5, 0.6) is 0 Å². The molecule has 0 spiro atoms. The Bertz CT molecular complexity index is 994. The van der Waals surface area contributed by atoms with Gasteiger partial charge in [0.25, 0.3) is 5.91 Å². The van der Waals surface area contributed by atoms with Crippen molar-refractivity contribution in [3.8, 4) is 0 Å². The second-order valence-electron chi connectivity index (χ2n) is 5.76. The Labute approximate surface area is 155 Å². The van der Waals surface area contributed by atoms with Crippen molar-refractivity contribution in [2.75, 3.05) is 0 Å². The molecule has 0 aliphatic heterocycles. The minimum absolute atomic E-state index is 0.103. The van der Waals surface area contributed by atoms with Crippen molar-refractivity contribution < 1.29 is 4.79 Å². The molecule has 0 aliphatic carbocycles. The molecule has 0 bridgehead atoms. The summed E-state index contributed by atoms with van der Waals surface area (Å²) in [4.78, 5) is 24.5. The van der Waals surface area contributed by atoms with Gasteiger partial charge in [-0.25, -0.2) is 4.79 Å². The third-order valence-corrected chi connectivity index (χ3v) is 4.21. The quantitative estimate of drug-likeness (QED) is 0.473. The molecule has 7 nitrogen and oxygen atoms in total. The molecule has 8 heteroatoms. The molecule has 134 valence electrons. The van der Waals surface area contributed by atoms with Crippen molar-refractivity contribution in [3.05, 3.63) is 70.6 Å². The first-order valence-corrected chi connectivity index (χ1v) is 8.48. The number of hydrazine groups is 1. The lowest BCUT2D eigenvalue weighted by Gasteiger charge is -2.12. The summed E-state index contributed by atoms with van der Waals surface area (Å²) in [6.45, 7) is 0.444. The van der Waals surface area contributed by atoms with Crippen LogP contribution in [0, 0.1) is 0 Å². The fraction of sp³-hybridized carbons (Fsp3) is 0.167. The van der Waals surface area contributed by atoms with Crippen molar-refractivity contribution in [3.63, 3.8) is 0 Å². The third-order valence-electron chi connectivity index (χ3n) is 3.96. The molecule has 0 aliphatic rings. The van der Waals surface area contributed by atoms with Crippen LogP contribution < -0.4 is 21.9 Å². The molecular weight excluding hydrogens is 350 g/mol. The van der Waals surface area contributed by atoms with Crippen LogP contribution in [0.3, 0.4) is 0 Å². The van der Waals surface area contributed by atoms with Crippen LogP contribution in [0.15, 0.2) is 59.4 Å². The number of fused-ring (bicyclic) bond motifs is 1. The number of para-hydroxylation sites is 2. The summed E-state index contributed by atoms with van der Waals surface area (Å²) in [5.41, 5.74) is 7.47. The molecule has 3 rings (SSSR count). The zero-order valence-corrected chi connectivity index (χ0v) is 15.0. The highest BCUT2D eigenvalue weighted by atomic mass is 32.1. The number of aryl methyl sites for hydroxylation is 1. The number of hydrogen-bond donors (Lipinski definition) is 3. The highest BCUT2D eigenvalue weighted by Crippen LogP contribution is 2.10. The smallest absolute Gasteiger partial charge is 0.329 e. The normalized spacial score (nSPS) is 10.5.